The number of hydrogen-bond donors (Lipinski definition) is 3. The fraction of sp³-hybridized carbons (Fsp3) is 0.143. The quantitative estimate of drug-likeness (QED) is 0.459. The van der Waals surface area contributed by atoms with Crippen LogP contribution in [0.2, 0.25) is 0 Å². The predicted molar refractivity (Wildman–Crippen MR) is 82.3 cm³/mol. The maximum atomic E-state index is 8.98. The maximum absolute atomic E-state index is 8.98. The molecule has 0 unspecified atom stereocenters. The molecular weight excluding hydrogens is 286 g/mol. The Balaban J connectivity index is 1.72. The van der Waals surface area contributed by atoms with Gasteiger partial charge in [-0.1, -0.05) is 12.1 Å². The van der Waals surface area contributed by atoms with E-state index < -0.39 is 7.12 Å². The standard InChI is InChI=1S/C14H15B2O6/c17-15-22-14-7-5-13(6-8-14)21-10-9-20-12-3-1-11(2-4-12)16(18)19/h1-8,17-19H,9-10H2. The summed E-state index contributed by atoms with van der Waals surface area (Å²) in [4.78, 5) is 0. The van der Waals surface area contributed by atoms with Crippen molar-refractivity contribution in [3.8, 4) is 17.2 Å². The summed E-state index contributed by atoms with van der Waals surface area (Å²) in [6.45, 7) is 0.709. The van der Waals surface area contributed by atoms with Crippen molar-refractivity contribution in [1.29, 1.82) is 0 Å². The lowest BCUT2D eigenvalue weighted by molar-refractivity contribution is 0.217. The molecule has 0 fully saturated rings. The molecule has 2 rings (SSSR count). The Hall–Kier alpha value is -2.15. The van der Waals surface area contributed by atoms with Crippen molar-refractivity contribution in [2.24, 2.45) is 0 Å². The second kappa shape index (κ2) is 8.33. The Bertz CT molecular complexity index is 559. The average Bonchev–Trinajstić information content (AvgIpc) is 2.54. The lowest BCUT2D eigenvalue weighted by Crippen LogP contribution is -2.29. The van der Waals surface area contributed by atoms with Crippen LogP contribution >= 0.6 is 0 Å². The first-order chi connectivity index (χ1) is 10.7. The van der Waals surface area contributed by atoms with Crippen LogP contribution in [0.5, 0.6) is 17.2 Å². The molecule has 0 aliphatic carbocycles. The molecule has 0 amide bonds. The first-order valence-electron chi connectivity index (χ1n) is 6.63. The summed E-state index contributed by atoms with van der Waals surface area (Å²) in [5, 5.41) is 26.5. The predicted octanol–water partition coefficient (Wildman–Crippen LogP) is -0.271. The molecule has 0 spiro atoms. The highest BCUT2D eigenvalue weighted by Crippen LogP contribution is 2.17. The van der Waals surface area contributed by atoms with Gasteiger partial charge in [-0.25, -0.2) is 0 Å². The minimum atomic E-state index is -1.48. The minimum absolute atomic E-state index is 0.351. The molecule has 0 atom stereocenters. The van der Waals surface area contributed by atoms with Crippen molar-refractivity contribution in [2.75, 3.05) is 13.2 Å². The van der Waals surface area contributed by atoms with Crippen LogP contribution in [0, 0.1) is 0 Å². The molecule has 0 aliphatic heterocycles. The van der Waals surface area contributed by atoms with Crippen molar-refractivity contribution in [1.82, 2.24) is 0 Å². The van der Waals surface area contributed by atoms with E-state index in [9.17, 15) is 0 Å². The summed E-state index contributed by atoms with van der Waals surface area (Å²) in [7, 11) is -0.863. The monoisotopic (exact) mass is 301 g/mol. The van der Waals surface area contributed by atoms with Gasteiger partial charge < -0.3 is 29.2 Å². The Labute approximate surface area is 129 Å². The van der Waals surface area contributed by atoms with Gasteiger partial charge in [-0.2, -0.15) is 0 Å². The molecule has 0 saturated heterocycles. The topological polar surface area (TPSA) is 88.4 Å². The van der Waals surface area contributed by atoms with Gasteiger partial charge in [0, 0.05) is 0 Å². The molecular formula is C14H15B2O6. The summed E-state index contributed by atoms with van der Waals surface area (Å²) in [5.74, 6) is 1.79. The van der Waals surface area contributed by atoms with Crippen LogP contribution in [-0.4, -0.2) is 43.1 Å². The van der Waals surface area contributed by atoms with Crippen molar-refractivity contribution in [3.63, 3.8) is 0 Å². The van der Waals surface area contributed by atoms with Gasteiger partial charge in [0.1, 0.15) is 30.5 Å². The second-order valence-corrected chi connectivity index (χ2v) is 4.33. The lowest BCUT2D eigenvalue weighted by atomic mass is 9.80. The summed E-state index contributed by atoms with van der Waals surface area (Å²) < 4.78 is 15.7. The van der Waals surface area contributed by atoms with E-state index in [-0.39, 0.29) is 0 Å². The molecule has 113 valence electrons. The molecule has 8 heteroatoms. The van der Waals surface area contributed by atoms with E-state index in [4.69, 9.17) is 29.2 Å². The second-order valence-electron chi connectivity index (χ2n) is 4.33. The zero-order valence-electron chi connectivity index (χ0n) is 11.8. The van der Waals surface area contributed by atoms with Crippen molar-refractivity contribution in [3.05, 3.63) is 48.5 Å². The lowest BCUT2D eigenvalue weighted by Gasteiger charge is -2.09. The third-order valence-corrected chi connectivity index (χ3v) is 2.81. The van der Waals surface area contributed by atoms with Crippen LogP contribution in [0.3, 0.4) is 0 Å². The Morgan fingerprint density at radius 3 is 1.68 bits per heavy atom. The van der Waals surface area contributed by atoms with Gasteiger partial charge in [0.15, 0.2) is 0 Å². The van der Waals surface area contributed by atoms with Crippen LogP contribution in [0.1, 0.15) is 0 Å². The summed E-state index contributed by atoms with van der Waals surface area (Å²) >= 11 is 0. The molecule has 2 aromatic carbocycles. The Morgan fingerprint density at radius 1 is 0.773 bits per heavy atom. The van der Waals surface area contributed by atoms with E-state index in [2.05, 4.69) is 0 Å². The maximum Gasteiger partial charge on any atom is 0.569 e. The summed E-state index contributed by atoms with van der Waals surface area (Å²) in [5.41, 5.74) is 0.408. The summed E-state index contributed by atoms with van der Waals surface area (Å²) in [6, 6.07) is 13.3. The van der Waals surface area contributed by atoms with E-state index in [1.165, 1.54) is 0 Å². The fourth-order valence-electron chi connectivity index (χ4n) is 1.73. The van der Waals surface area contributed by atoms with Gasteiger partial charge in [0.05, 0.1) is 0 Å². The zero-order valence-corrected chi connectivity index (χ0v) is 11.8. The van der Waals surface area contributed by atoms with Crippen molar-refractivity contribution < 1.29 is 29.2 Å². The van der Waals surface area contributed by atoms with E-state index in [1.807, 2.05) is 0 Å². The zero-order chi connectivity index (χ0) is 15.8. The first-order valence-corrected chi connectivity index (χ1v) is 6.63. The van der Waals surface area contributed by atoms with Gasteiger partial charge >= 0.3 is 14.8 Å². The third-order valence-electron chi connectivity index (χ3n) is 2.81. The average molecular weight is 301 g/mol. The van der Waals surface area contributed by atoms with Crippen LogP contribution in [0.15, 0.2) is 48.5 Å². The molecule has 0 heterocycles. The van der Waals surface area contributed by atoms with Gasteiger partial charge in [-0.3, -0.25) is 0 Å². The molecule has 0 aliphatic rings. The van der Waals surface area contributed by atoms with E-state index in [1.54, 1.807) is 48.5 Å². The third kappa shape index (κ3) is 5.00. The van der Waals surface area contributed by atoms with Gasteiger partial charge in [0.2, 0.25) is 0 Å². The Morgan fingerprint density at radius 2 is 1.23 bits per heavy atom. The van der Waals surface area contributed by atoms with Gasteiger partial charge in [-0.05, 0) is 41.9 Å². The molecule has 0 bridgehead atoms. The molecule has 0 saturated carbocycles. The number of rotatable bonds is 8. The Kier molecular flexibility index (Phi) is 6.14. The highest BCUT2D eigenvalue weighted by molar-refractivity contribution is 6.58. The normalized spacial score (nSPS) is 9.95. The van der Waals surface area contributed by atoms with Gasteiger partial charge in [-0.15, -0.1) is 0 Å². The first kappa shape index (κ1) is 16.2. The molecule has 6 nitrogen and oxygen atoms in total. The van der Waals surface area contributed by atoms with Crippen LogP contribution in [0.25, 0.3) is 0 Å². The van der Waals surface area contributed by atoms with Gasteiger partial charge in [0.25, 0.3) is 0 Å². The van der Waals surface area contributed by atoms with Crippen LogP contribution in [0.4, 0.5) is 0 Å². The molecule has 0 aromatic heterocycles. The fourth-order valence-corrected chi connectivity index (χ4v) is 1.73. The van der Waals surface area contributed by atoms with Crippen molar-refractivity contribution >= 4 is 20.3 Å². The van der Waals surface area contributed by atoms with E-state index >= 15 is 0 Å². The largest absolute Gasteiger partial charge is 0.569 e. The minimum Gasteiger partial charge on any atom is -0.537 e. The van der Waals surface area contributed by atoms with E-state index in [0.29, 0.717) is 43.6 Å². The molecule has 2 aromatic rings. The smallest absolute Gasteiger partial charge is 0.537 e. The van der Waals surface area contributed by atoms with Crippen molar-refractivity contribution in [2.45, 2.75) is 0 Å². The summed E-state index contributed by atoms with van der Waals surface area (Å²) in [6.07, 6.45) is 0. The highest BCUT2D eigenvalue weighted by atomic mass is 16.5. The number of ether oxygens (including phenoxy) is 2. The van der Waals surface area contributed by atoms with E-state index in [0.717, 1.165) is 0 Å². The highest BCUT2D eigenvalue weighted by Gasteiger charge is 2.09. The molecule has 1 radical (unpaired) electrons. The molecule has 3 N–H and O–H groups in total. The van der Waals surface area contributed by atoms with Crippen LogP contribution < -0.4 is 19.6 Å². The SMILES string of the molecule is O[B]Oc1ccc(OCCOc2ccc(B(O)O)cc2)cc1. The number of benzene rings is 2. The number of hydrogen-bond acceptors (Lipinski definition) is 6. The van der Waals surface area contributed by atoms with Crippen LogP contribution in [-0.2, 0) is 0 Å². The molecule has 22 heavy (non-hydrogen) atoms.